The molecule has 120 valence electrons. The van der Waals surface area contributed by atoms with E-state index in [9.17, 15) is 14.9 Å². The molecule has 0 aliphatic rings. The summed E-state index contributed by atoms with van der Waals surface area (Å²) in [7, 11) is 0. The van der Waals surface area contributed by atoms with E-state index in [1.165, 1.54) is 6.07 Å². The maximum absolute atomic E-state index is 11.3. The van der Waals surface area contributed by atoms with Crippen LogP contribution in [0.15, 0.2) is 18.2 Å². The number of non-ortho nitro benzene ring substituents is 1. The highest BCUT2D eigenvalue weighted by atomic mass is 16.6. The van der Waals surface area contributed by atoms with Crippen molar-refractivity contribution < 1.29 is 14.8 Å². The molecule has 0 radical (unpaired) electrons. The standard InChI is InChI=1S/C16H17N3O4/c1-10(16(20)21)7-9-18-11(2)12(6-8-17)15-13(18)4-3-5-14(15)19(22)23/h3-5,10H,6-7,9H2,1-2H3,(H,20,21). The molecule has 0 fully saturated rings. The molecular weight excluding hydrogens is 298 g/mol. The van der Waals surface area contributed by atoms with Gasteiger partial charge in [0.25, 0.3) is 5.69 Å². The summed E-state index contributed by atoms with van der Waals surface area (Å²) in [6, 6.07) is 6.84. The lowest BCUT2D eigenvalue weighted by molar-refractivity contribution is -0.383. The molecule has 2 aromatic rings. The lowest BCUT2D eigenvalue weighted by atomic mass is 10.1. The van der Waals surface area contributed by atoms with Gasteiger partial charge in [-0.1, -0.05) is 13.0 Å². The predicted octanol–water partition coefficient (Wildman–Crippen LogP) is 3.03. The van der Waals surface area contributed by atoms with Crippen molar-refractivity contribution in [3.63, 3.8) is 0 Å². The number of fused-ring (bicyclic) bond motifs is 1. The van der Waals surface area contributed by atoms with Gasteiger partial charge in [0.05, 0.1) is 34.2 Å². The van der Waals surface area contributed by atoms with Crippen LogP contribution in [0.4, 0.5) is 5.69 Å². The van der Waals surface area contributed by atoms with Crippen molar-refractivity contribution in [2.75, 3.05) is 0 Å². The fourth-order valence-electron chi connectivity index (χ4n) is 2.77. The van der Waals surface area contributed by atoms with Gasteiger partial charge in [0.2, 0.25) is 0 Å². The van der Waals surface area contributed by atoms with Crippen molar-refractivity contribution in [3.8, 4) is 6.07 Å². The van der Waals surface area contributed by atoms with Gasteiger partial charge in [-0.2, -0.15) is 5.26 Å². The summed E-state index contributed by atoms with van der Waals surface area (Å²) in [5.74, 6) is -1.38. The number of hydrogen-bond acceptors (Lipinski definition) is 4. The van der Waals surface area contributed by atoms with E-state index in [1.54, 1.807) is 19.1 Å². The van der Waals surface area contributed by atoms with Crippen LogP contribution >= 0.6 is 0 Å². The van der Waals surface area contributed by atoms with Crippen molar-refractivity contribution in [3.05, 3.63) is 39.6 Å². The number of nitro groups is 1. The monoisotopic (exact) mass is 315 g/mol. The number of nitrogens with zero attached hydrogens (tertiary/aromatic N) is 3. The number of carbonyl (C=O) groups is 1. The van der Waals surface area contributed by atoms with E-state index in [0.717, 1.165) is 5.69 Å². The number of nitriles is 1. The molecule has 1 N–H and O–H groups in total. The van der Waals surface area contributed by atoms with Crippen LogP contribution in [0, 0.1) is 34.3 Å². The van der Waals surface area contributed by atoms with Crippen LogP contribution in [0.1, 0.15) is 24.6 Å². The lowest BCUT2D eigenvalue weighted by Crippen LogP contribution is -2.13. The molecule has 7 nitrogen and oxygen atoms in total. The molecule has 2 rings (SSSR count). The molecule has 0 saturated carbocycles. The minimum atomic E-state index is -0.873. The van der Waals surface area contributed by atoms with E-state index < -0.39 is 16.8 Å². The van der Waals surface area contributed by atoms with E-state index >= 15 is 0 Å². The first-order chi connectivity index (χ1) is 10.9. The Bertz CT molecular complexity index is 817. The molecule has 1 aromatic heterocycles. The molecule has 1 heterocycles. The van der Waals surface area contributed by atoms with Gasteiger partial charge in [0.1, 0.15) is 0 Å². The van der Waals surface area contributed by atoms with Gasteiger partial charge in [-0.3, -0.25) is 14.9 Å². The summed E-state index contributed by atoms with van der Waals surface area (Å²) >= 11 is 0. The average Bonchev–Trinajstić information content (AvgIpc) is 2.77. The van der Waals surface area contributed by atoms with Crippen molar-refractivity contribution in [2.45, 2.75) is 33.2 Å². The van der Waals surface area contributed by atoms with E-state index in [4.69, 9.17) is 10.4 Å². The zero-order chi connectivity index (χ0) is 17.1. The molecule has 1 atom stereocenters. The molecule has 7 heteroatoms. The normalized spacial score (nSPS) is 12.0. The van der Waals surface area contributed by atoms with E-state index in [0.29, 0.717) is 29.4 Å². The minimum Gasteiger partial charge on any atom is -0.481 e. The highest BCUT2D eigenvalue weighted by Crippen LogP contribution is 2.34. The first-order valence-electron chi connectivity index (χ1n) is 7.23. The molecule has 23 heavy (non-hydrogen) atoms. The minimum absolute atomic E-state index is 0.0270. The Kier molecular flexibility index (Phi) is 4.65. The molecule has 0 saturated heterocycles. The van der Waals surface area contributed by atoms with Crippen LogP contribution < -0.4 is 0 Å². The maximum Gasteiger partial charge on any atom is 0.306 e. The SMILES string of the molecule is Cc1c(CC#N)c2c([N+](=O)[O-])cccc2n1CCC(C)C(=O)O. The highest BCUT2D eigenvalue weighted by molar-refractivity contribution is 5.94. The average molecular weight is 315 g/mol. The Morgan fingerprint density at radius 3 is 2.78 bits per heavy atom. The molecule has 0 spiro atoms. The quantitative estimate of drug-likeness (QED) is 0.651. The molecule has 0 amide bonds. The molecular formula is C16H17N3O4. The molecule has 1 aromatic carbocycles. The summed E-state index contributed by atoms with van der Waals surface area (Å²) in [5.41, 5.74) is 2.05. The second-order valence-corrected chi connectivity index (χ2v) is 5.51. The van der Waals surface area contributed by atoms with E-state index in [-0.39, 0.29) is 12.1 Å². The van der Waals surface area contributed by atoms with Gasteiger partial charge in [0.15, 0.2) is 0 Å². The van der Waals surface area contributed by atoms with Gasteiger partial charge in [0, 0.05) is 23.9 Å². The number of aryl methyl sites for hydroxylation is 1. The Balaban J connectivity index is 2.59. The first kappa shape index (κ1) is 16.5. The number of carboxylic acid groups (broad SMARTS) is 1. The van der Waals surface area contributed by atoms with Crippen LogP contribution in [0.2, 0.25) is 0 Å². The van der Waals surface area contributed by atoms with Crippen molar-refractivity contribution in [1.82, 2.24) is 4.57 Å². The van der Waals surface area contributed by atoms with Gasteiger partial charge in [-0.25, -0.2) is 0 Å². The Morgan fingerprint density at radius 2 is 2.22 bits per heavy atom. The lowest BCUT2D eigenvalue weighted by Gasteiger charge is -2.11. The topological polar surface area (TPSA) is 109 Å². The largest absolute Gasteiger partial charge is 0.481 e. The molecule has 0 bridgehead atoms. The number of hydrogen-bond donors (Lipinski definition) is 1. The maximum atomic E-state index is 11.3. The van der Waals surface area contributed by atoms with Crippen LogP contribution in [0.5, 0.6) is 0 Å². The Labute approximate surface area is 132 Å². The summed E-state index contributed by atoms with van der Waals surface area (Å²) in [6.07, 6.45) is 0.489. The first-order valence-corrected chi connectivity index (χ1v) is 7.23. The van der Waals surface area contributed by atoms with Crippen molar-refractivity contribution in [2.24, 2.45) is 5.92 Å². The number of benzene rings is 1. The summed E-state index contributed by atoms with van der Waals surface area (Å²) < 4.78 is 1.87. The van der Waals surface area contributed by atoms with Crippen LogP contribution in [-0.4, -0.2) is 20.6 Å². The zero-order valence-corrected chi connectivity index (χ0v) is 12.9. The third-order valence-corrected chi connectivity index (χ3v) is 4.11. The van der Waals surface area contributed by atoms with Crippen LogP contribution in [0.3, 0.4) is 0 Å². The van der Waals surface area contributed by atoms with Gasteiger partial charge < -0.3 is 9.67 Å². The Hall–Kier alpha value is -2.88. The molecule has 0 aliphatic carbocycles. The third kappa shape index (κ3) is 3.01. The second kappa shape index (κ2) is 6.48. The van der Waals surface area contributed by atoms with E-state index in [2.05, 4.69) is 0 Å². The number of nitro benzene ring substituents is 1. The van der Waals surface area contributed by atoms with Crippen LogP contribution in [0.25, 0.3) is 10.9 Å². The van der Waals surface area contributed by atoms with Crippen molar-refractivity contribution in [1.29, 1.82) is 5.26 Å². The Morgan fingerprint density at radius 1 is 1.52 bits per heavy atom. The molecule has 0 aliphatic heterocycles. The number of rotatable bonds is 6. The third-order valence-electron chi connectivity index (χ3n) is 4.11. The summed E-state index contributed by atoms with van der Waals surface area (Å²) in [6.45, 7) is 3.87. The molecule has 1 unspecified atom stereocenters. The second-order valence-electron chi connectivity index (χ2n) is 5.51. The van der Waals surface area contributed by atoms with Gasteiger partial charge >= 0.3 is 5.97 Å². The van der Waals surface area contributed by atoms with Crippen molar-refractivity contribution >= 4 is 22.6 Å². The highest BCUT2D eigenvalue weighted by Gasteiger charge is 2.22. The fourth-order valence-corrected chi connectivity index (χ4v) is 2.77. The smallest absolute Gasteiger partial charge is 0.306 e. The van der Waals surface area contributed by atoms with E-state index in [1.807, 2.05) is 17.6 Å². The van der Waals surface area contributed by atoms with Crippen LogP contribution in [-0.2, 0) is 17.8 Å². The number of carboxylic acids is 1. The summed E-state index contributed by atoms with van der Waals surface area (Å²) in [5, 5.41) is 29.8. The zero-order valence-electron chi connectivity index (χ0n) is 12.9. The van der Waals surface area contributed by atoms with Gasteiger partial charge in [-0.15, -0.1) is 0 Å². The fraction of sp³-hybridized carbons (Fsp3) is 0.375. The number of aliphatic carboxylic acids is 1. The number of aromatic nitrogens is 1. The van der Waals surface area contributed by atoms with Gasteiger partial charge in [-0.05, 0) is 19.4 Å². The predicted molar refractivity (Wildman–Crippen MR) is 84.1 cm³/mol. The summed E-state index contributed by atoms with van der Waals surface area (Å²) in [4.78, 5) is 21.8.